The Morgan fingerprint density at radius 3 is 2.50 bits per heavy atom. The molecule has 1 atom stereocenters. The number of rotatable bonds is 3. The monoisotopic (exact) mass is 227 g/mol. The quantitative estimate of drug-likeness (QED) is 0.670. The second-order valence-electron chi connectivity index (χ2n) is 5.52. The third kappa shape index (κ3) is 3.43. The van der Waals surface area contributed by atoms with Crippen LogP contribution in [0.3, 0.4) is 0 Å². The largest absolute Gasteiger partial charge is 0.291 e. The van der Waals surface area contributed by atoms with E-state index in [1.807, 2.05) is 0 Å². The molecule has 2 fully saturated rings. The van der Waals surface area contributed by atoms with Gasteiger partial charge in [0.1, 0.15) is 7.22 Å². The minimum Gasteiger partial charge on any atom is -0.291 e. The summed E-state index contributed by atoms with van der Waals surface area (Å²) in [7, 11) is -0.914. The molecule has 0 aromatic carbocycles. The van der Waals surface area contributed by atoms with Gasteiger partial charge in [-0.3, -0.25) is 4.99 Å². The first kappa shape index (κ1) is 10.7. The first-order valence-electron chi connectivity index (χ1n) is 5.76. The van der Waals surface area contributed by atoms with Crippen molar-refractivity contribution in [1.82, 2.24) is 0 Å². The van der Waals surface area contributed by atoms with E-state index in [0.717, 1.165) is 11.3 Å². The van der Waals surface area contributed by atoms with Crippen molar-refractivity contribution < 1.29 is 0 Å². The van der Waals surface area contributed by atoms with Gasteiger partial charge in [-0.15, -0.1) is 0 Å². The van der Waals surface area contributed by atoms with Crippen LogP contribution in [0.5, 0.6) is 0 Å². The van der Waals surface area contributed by atoms with Gasteiger partial charge in [-0.1, -0.05) is 19.6 Å². The molecule has 2 rings (SSSR count). The van der Waals surface area contributed by atoms with Crippen molar-refractivity contribution in [3.05, 3.63) is 0 Å². The highest BCUT2D eigenvalue weighted by Crippen LogP contribution is 2.35. The molecule has 0 aromatic heterocycles. The highest BCUT2D eigenvalue weighted by molar-refractivity contribution is 8.29. The van der Waals surface area contributed by atoms with E-state index in [-0.39, 0.29) is 0 Å². The lowest BCUT2D eigenvalue weighted by molar-refractivity contribution is 0.911. The van der Waals surface area contributed by atoms with Gasteiger partial charge < -0.3 is 0 Å². The Labute approximate surface area is 92.4 Å². The van der Waals surface area contributed by atoms with E-state index < -0.39 is 7.22 Å². The molecule has 14 heavy (non-hydrogen) atoms. The zero-order valence-electron chi connectivity index (χ0n) is 9.55. The van der Waals surface area contributed by atoms with Crippen LogP contribution < -0.4 is 0 Å². The van der Waals surface area contributed by atoms with Crippen molar-refractivity contribution in [2.75, 3.05) is 0 Å². The number of aliphatic imine (C=N–C) groups is 1. The first-order valence-corrected chi connectivity index (χ1v) is 10.9. The summed E-state index contributed by atoms with van der Waals surface area (Å²) in [6, 6.07) is 0.737. The van der Waals surface area contributed by atoms with Crippen LogP contribution in [0.2, 0.25) is 19.6 Å². The van der Waals surface area contributed by atoms with Gasteiger partial charge in [0.2, 0.25) is 0 Å². The summed E-state index contributed by atoms with van der Waals surface area (Å²) < 4.78 is 0. The van der Waals surface area contributed by atoms with Crippen LogP contribution in [0, 0.1) is 0 Å². The van der Waals surface area contributed by atoms with Crippen molar-refractivity contribution in [1.29, 1.82) is 0 Å². The smallest absolute Gasteiger partial charge is 0.108 e. The molecule has 80 valence electrons. The van der Waals surface area contributed by atoms with Crippen LogP contribution >= 0.6 is 11.2 Å². The molecule has 2 aliphatic rings. The van der Waals surface area contributed by atoms with E-state index >= 15 is 0 Å². The maximum Gasteiger partial charge on any atom is 0.108 e. The Morgan fingerprint density at radius 2 is 1.93 bits per heavy atom. The van der Waals surface area contributed by atoms with Crippen molar-refractivity contribution >= 4 is 24.1 Å². The van der Waals surface area contributed by atoms with Gasteiger partial charge in [-0.05, 0) is 32.1 Å². The predicted molar refractivity (Wildman–Crippen MR) is 69.0 cm³/mol. The van der Waals surface area contributed by atoms with Gasteiger partial charge in [0, 0.05) is 11.0 Å². The molecule has 2 saturated carbocycles. The molecule has 0 aromatic rings. The SMILES string of the molecule is C[Si](C)(C)SC1CCC(=NC2CC2)C1. The van der Waals surface area contributed by atoms with E-state index in [4.69, 9.17) is 4.99 Å². The summed E-state index contributed by atoms with van der Waals surface area (Å²) in [5.74, 6) is 0. The Morgan fingerprint density at radius 1 is 1.21 bits per heavy atom. The van der Waals surface area contributed by atoms with Gasteiger partial charge in [0.25, 0.3) is 0 Å². The molecular weight excluding hydrogens is 206 g/mol. The van der Waals surface area contributed by atoms with Crippen LogP contribution in [0.1, 0.15) is 32.1 Å². The molecule has 0 amide bonds. The van der Waals surface area contributed by atoms with E-state index in [2.05, 4.69) is 30.9 Å². The summed E-state index contributed by atoms with van der Waals surface area (Å²) in [6.45, 7) is 7.36. The predicted octanol–water partition coefficient (Wildman–Crippen LogP) is 3.71. The Balaban J connectivity index is 1.82. The average Bonchev–Trinajstić information content (AvgIpc) is 2.71. The fourth-order valence-electron chi connectivity index (χ4n) is 1.97. The maximum atomic E-state index is 4.79. The normalized spacial score (nSPS) is 31.4. The average molecular weight is 227 g/mol. The lowest BCUT2D eigenvalue weighted by Crippen LogP contribution is -2.19. The molecule has 1 unspecified atom stereocenters. The molecule has 0 radical (unpaired) electrons. The molecule has 0 saturated heterocycles. The molecule has 2 aliphatic carbocycles. The van der Waals surface area contributed by atoms with Crippen LogP contribution in [0.15, 0.2) is 4.99 Å². The molecule has 0 aliphatic heterocycles. The second kappa shape index (κ2) is 4.01. The molecule has 0 heterocycles. The van der Waals surface area contributed by atoms with Crippen molar-refractivity contribution in [2.45, 2.75) is 63.0 Å². The van der Waals surface area contributed by atoms with Gasteiger partial charge >= 0.3 is 0 Å². The number of hydrogen-bond donors (Lipinski definition) is 0. The van der Waals surface area contributed by atoms with Gasteiger partial charge in [-0.2, -0.15) is 11.2 Å². The maximum absolute atomic E-state index is 4.79. The third-order valence-electron chi connectivity index (χ3n) is 2.65. The fourth-order valence-corrected chi connectivity index (χ4v) is 7.09. The van der Waals surface area contributed by atoms with Crippen molar-refractivity contribution in [3.63, 3.8) is 0 Å². The van der Waals surface area contributed by atoms with Gasteiger partial charge in [-0.25, -0.2) is 0 Å². The summed E-state index contributed by atoms with van der Waals surface area (Å²) in [4.78, 5) is 4.79. The van der Waals surface area contributed by atoms with E-state index in [1.165, 1.54) is 37.8 Å². The highest BCUT2D eigenvalue weighted by Gasteiger charge is 2.28. The minimum absolute atomic E-state index is 0.737. The molecule has 0 N–H and O–H groups in total. The molecular formula is C11H21NSSi. The topological polar surface area (TPSA) is 12.4 Å². The zero-order chi connectivity index (χ0) is 10.2. The summed E-state index contributed by atoms with van der Waals surface area (Å²) in [5.41, 5.74) is 1.53. The van der Waals surface area contributed by atoms with Crippen LogP contribution in [0.25, 0.3) is 0 Å². The summed E-state index contributed by atoms with van der Waals surface area (Å²) in [5, 5.41) is 0.902. The second-order valence-corrected chi connectivity index (χ2v) is 15.0. The standard InChI is InChI=1S/C11H21NSSi/c1-14(2,3)13-11-7-6-10(8-11)12-9-4-5-9/h9,11H,4-8H2,1-3H3. The lowest BCUT2D eigenvalue weighted by Gasteiger charge is -2.19. The molecule has 0 spiro atoms. The van der Waals surface area contributed by atoms with E-state index in [9.17, 15) is 0 Å². The number of hydrogen-bond acceptors (Lipinski definition) is 2. The van der Waals surface area contributed by atoms with Gasteiger partial charge in [0.15, 0.2) is 0 Å². The number of nitrogens with zero attached hydrogens (tertiary/aromatic N) is 1. The Bertz CT molecular complexity index is 240. The Hall–Kier alpha value is 0.237. The minimum atomic E-state index is -0.914. The van der Waals surface area contributed by atoms with E-state index in [1.54, 1.807) is 0 Å². The van der Waals surface area contributed by atoms with Crippen molar-refractivity contribution in [3.8, 4) is 0 Å². The Kier molecular flexibility index (Phi) is 3.08. The van der Waals surface area contributed by atoms with Crippen LogP contribution in [0.4, 0.5) is 0 Å². The van der Waals surface area contributed by atoms with Crippen LogP contribution in [-0.4, -0.2) is 24.2 Å². The van der Waals surface area contributed by atoms with E-state index in [0.29, 0.717) is 0 Å². The lowest BCUT2D eigenvalue weighted by atomic mass is 10.3. The summed E-state index contributed by atoms with van der Waals surface area (Å²) >= 11 is 2.27. The molecule has 0 bridgehead atoms. The third-order valence-corrected chi connectivity index (χ3v) is 7.21. The molecule has 1 nitrogen and oxygen atoms in total. The zero-order valence-corrected chi connectivity index (χ0v) is 11.4. The molecule has 3 heteroatoms. The van der Waals surface area contributed by atoms with Crippen molar-refractivity contribution in [2.24, 2.45) is 4.99 Å². The highest BCUT2D eigenvalue weighted by atomic mass is 32.4. The fraction of sp³-hybridized carbons (Fsp3) is 0.909. The summed E-state index contributed by atoms with van der Waals surface area (Å²) in [6.07, 6.45) is 6.69. The van der Waals surface area contributed by atoms with Crippen LogP contribution in [-0.2, 0) is 0 Å². The van der Waals surface area contributed by atoms with Gasteiger partial charge in [0.05, 0.1) is 6.04 Å². The first-order chi connectivity index (χ1) is 6.53.